The zero-order chi connectivity index (χ0) is 18.0. The molecule has 1 atom stereocenters. The van der Waals surface area contributed by atoms with Gasteiger partial charge in [0.2, 0.25) is 0 Å². The molecule has 26 heavy (non-hydrogen) atoms. The molecule has 0 radical (unpaired) electrons. The predicted molar refractivity (Wildman–Crippen MR) is 107 cm³/mol. The maximum Gasteiger partial charge on any atom is 0.120 e. The maximum absolute atomic E-state index is 6.83. The predicted octanol–water partition coefficient (Wildman–Crippen LogP) is 6.22. The first-order chi connectivity index (χ1) is 12.6. The van der Waals surface area contributed by atoms with Gasteiger partial charge >= 0.3 is 0 Å². The van der Waals surface area contributed by atoms with E-state index in [0.29, 0.717) is 0 Å². The van der Waals surface area contributed by atoms with Gasteiger partial charge in [0, 0.05) is 0 Å². The van der Waals surface area contributed by atoms with Crippen molar-refractivity contribution < 1.29 is 4.74 Å². The normalized spacial score (nSPS) is 20.7. The molecule has 132 valence electrons. The molecule has 1 unspecified atom stereocenters. The molecule has 0 spiro atoms. The van der Waals surface area contributed by atoms with Crippen LogP contribution >= 0.6 is 0 Å². The van der Waals surface area contributed by atoms with E-state index in [9.17, 15) is 0 Å². The molecule has 0 N–H and O–H groups in total. The van der Waals surface area contributed by atoms with Crippen LogP contribution in [0.5, 0.6) is 0 Å². The first-order valence-electron chi connectivity index (χ1n) is 9.51. The summed E-state index contributed by atoms with van der Waals surface area (Å²) in [5.74, 6) is 0. The molecule has 3 aromatic carbocycles. The van der Waals surface area contributed by atoms with E-state index in [1.807, 2.05) is 0 Å². The highest BCUT2D eigenvalue weighted by atomic mass is 16.5. The Labute approximate surface area is 156 Å². The first kappa shape index (κ1) is 17.1. The summed E-state index contributed by atoms with van der Waals surface area (Å²) in [6.45, 7) is 4.38. The Morgan fingerprint density at radius 2 is 1.27 bits per heavy atom. The van der Waals surface area contributed by atoms with E-state index in [-0.39, 0.29) is 11.2 Å². The van der Waals surface area contributed by atoms with Gasteiger partial charge in [0.15, 0.2) is 0 Å². The largest absolute Gasteiger partial charge is 0.355 e. The van der Waals surface area contributed by atoms with Crippen molar-refractivity contribution in [1.82, 2.24) is 0 Å². The molecule has 0 amide bonds. The van der Waals surface area contributed by atoms with Crippen molar-refractivity contribution in [2.24, 2.45) is 0 Å². The third kappa shape index (κ3) is 2.97. The second kappa shape index (κ2) is 6.74. The monoisotopic (exact) mass is 342 g/mol. The molecule has 0 bridgehead atoms. The van der Waals surface area contributed by atoms with Gasteiger partial charge in [0.1, 0.15) is 5.60 Å². The molecule has 1 aliphatic rings. The minimum absolute atomic E-state index is 0.279. The fourth-order valence-corrected chi connectivity index (χ4v) is 4.34. The fourth-order valence-electron chi connectivity index (χ4n) is 4.34. The zero-order valence-electron chi connectivity index (χ0n) is 15.6. The lowest BCUT2D eigenvalue weighted by atomic mass is 9.80. The lowest BCUT2D eigenvalue weighted by Gasteiger charge is -2.33. The van der Waals surface area contributed by atoms with Crippen LogP contribution < -0.4 is 0 Å². The van der Waals surface area contributed by atoms with E-state index < -0.39 is 0 Å². The van der Waals surface area contributed by atoms with Crippen molar-refractivity contribution in [2.75, 3.05) is 0 Å². The van der Waals surface area contributed by atoms with Crippen LogP contribution in [-0.4, -0.2) is 0 Å². The summed E-state index contributed by atoms with van der Waals surface area (Å²) >= 11 is 0. The highest BCUT2D eigenvalue weighted by Gasteiger charge is 2.49. The SMILES string of the molecule is CC1(C)OC(CCCc2ccccc2)(c2ccccc2)c2ccccc21. The topological polar surface area (TPSA) is 9.23 Å². The molecule has 0 fully saturated rings. The van der Waals surface area contributed by atoms with Gasteiger partial charge in [0.25, 0.3) is 0 Å². The van der Waals surface area contributed by atoms with Crippen molar-refractivity contribution in [1.29, 1.82) is 0 Å². The molecular formula is C25H26O. The third-order valence-corrected chi connectivity index (χ3v) is 5.52. The molecule has 3 aromatic rings. The molecule has 1 heterocycles. The Kier molecular flexibility index (Phi) is 4.42. The second-order valence-electron chi connectivity index (χ2n) is 7.69. The Bertz CT molecular complexity index is 867. The molecule has 1 aliphatic heterocycles. The van der Waals surface area contributed by atoms with Crippen molar-refractivity contribution in [3.05, 3.63) is 107 Å². The number of rotatable bonds is 5. The number of benzene rings is 3. The van der Waals surface area contributed by atoms with Crippen LogP contribution in [0.2, 0.25) is 0 Å². The molecule has 4 rings (SSSR count). The number of hydrogen-bond donors (Lipinski definition) is 0. The average molecular weight is 342 g/mol. The Morgan fingerprint density at radius 3 is 1.96 bits per heavy atom. The quantitative estimate of drug-likeness (QED) is 0.535. The number of ether oxygens (including phenoxy) is 1. The van der Waals surface area contributed by atoms with E-state index in [2.05, 4.69) is 98.8 Å². The summed E-state index contributed by atoms with van der Waals surface area (Å²) in [7, 11) is 0. The van der Waals surface area contributed by atoms with Crippen LogP contribution in [0.4, 0.5) is 0 Å². The van der Waals surface area contributed by atoms with Crippen LogP contribution in [0.15, 0.2) is 84.9 Å². The summed E-state index contributed by atoms with van der Waals surface area (Å²) < 4.78 is 6.83. The summed E-state index contributed by atoms with van der Waals surface area (Å²) in [5, 5.41) is 0. The van der Waals surface area contributed by atoms with Gasteiger partial charge in [-0.2, -0.15) is 0 Å². The molecule has 1 nitrogen and oxygen atoms in total. The summed E-state index contributed by atoms with van der Waals surface area (Å²) in [6, 6.07) is 30.2. The van der Waals surface area contributed by atoms with E-state index in [1.165, 1.54) is 22.3 Å². The van der Waals surface area contributed by atoms with Crippen molar-refractivity contribution in [3.63, 3.8) is 0 Å². The van der Waals surface area contributed by atoms with Gasteiger partial charge in [-0.15, -0.1) is 0 Å². The molecule has 1 heteroatoms. The average Bonchev–Trinajstić information content (AvgIpc) is 2.92. The lowest BCUT2D eigenvalue weighted by molar-refractivity contribution is -0.107. The Balaban J connectivity index is 1.71. The van der Waals surface area contributed by atoms with Gasteiger partial charge in [0.05, 0.1) is 5.60 Å². The molecule has 0 saturated carbocycles. The van der Waals surface area contributed by atoms with Gasteiger partial charge < -0.3 is 4.74 Å². The molecule has 0 saturated heterocycles. The maximum atomic E-state index is 6.83. The van der Waals surface area contributed by atoms with E-state index >= 15 is 0 Å². The van der Waals surface area contributed by atoms with E-state index in [0.717, 1.165) is 19.3 Å². The van der Waals surface area contributed by atoms with Crippen molar-refractivity contribution in [2.45, 2.75) is 44.3 Å². The summed E-state index contributed by atoms with van der Waals surface area (Å²) in [4.78, 5) is 0. The van der Waals surface area contributed by atoms with Crippen molar-refractivity contribution in [3.8, 4) is 0 Å². The Hall–Kier alpha value is -2.38. The number of hydrogen-bond acceptors (Lipinski definition) is 1. The Morgan fingerprint density at radius 1 is 0.692 bits per heavy atom. The standard InChI is InChI=1S/C25H26O/c1-24(2)22-17-9-10-18-23(22)25(26-24,21-15-7-4-8-16-21)19-11-14-20-12-5-3-6-13-20/h3-10,12-13,15-18H,11,14,19H2,1-2H3. The van der Waals surface area contributed by atoms with Gasteiger partial charge in [-0.3, -0.25) is 0 Å². The fraction of sp³-hybridized carbons (Fsp3) is 0.280. The van der Waals surface area contributed by atoms with Crippen LogP contribution in [0.25, 0.3) is 0 Å². The van der Waals surface area contributed by atoms with E-state index in [4.69, 9.17) is 4.74 Å². The summed E-state index contributed by atoms with van der Waals surface area (Å²) in [6.07, 6.45) is 3.14. The number of fused-ring (bicyclic) bond motifs is 1. The minimum atomic E-state index is -0.365. The van der Waals surface area contributed by atoms with Gasteiger partial charge in [-0.1, -0.05) is 84.9 Å². The van der Waals surface area contributed by atoms with E-state index in [1.54, 1.807) is 0 Å². The van der Waals surface area contributed by atoms with Gasteiger partial charge in [-0.25, -0.2) is 0 Å². The van der Waals surface area contributed by atoms with Crippen molar-refractivity contribution >= 4 is 0 Å². The van der Waals surface area contributed by atoms with Crippen LogP contribution in [0.1, 0.15) is 48.9 Å². The molecule has 0 aliphatic carbocycles. The summed E-state index contributed by atoms with van der Waals surface area (Å²) in [5.41, 5.74) is 4.63. The second-order valence-corrected chi connectivity index (χ2v) is 7.69. The zero-order valence-corrected chi connectivity index (χ0v) is 15.6. The van der Waals surface area contributed by atoms with Crippen LogP contribution in [0, 0.1) is 0 Å². The molecule has 0 aromatic heterocycles. The highest BCUT2D eigenvalue weighted by Crippen LogP contribution is 2.52. The van der Waals surface area contributed by atoms with Crippen LogP contribution in [0.3, 0.4) is 0 Å². The van der Waals surface area contributed by atoms with Crippen LogP contribution in [-0.2, 0) is 22.4 Å². The minimum Gasteiger partial charge on any atom is -0.355 e. The first-order valence-corrected chi connectivity index (χ1v) is 9.51. The third-order valence-electron chi connectivity index (χ3n) is 5.52. The van der Waals surface area contributed by atoms with Gasteiger partial charge in [-0.05, 0) is 55.4 Å². The lowest BCUT2D eigenvalue weighted by Crippen LogP contribution is -2.30. The smallest absolute Gasteiger partial charge is 0.120 e. The highest BCUT2D eigenvalue weighted by molar-refractivity contribution is 5.47. The number of aryl methyl sites for hydroxylation is 1. The molecular weight excluding hydrogens is 316 g/mol.